The molecule has 24 heavy (non-hydrogen) atoms. The Balaban J connectivity index is 2.04. The zero-order chi connectivity index (χ0) is 17.5. The van der Waals surface area contributed by atoms with Gasteiger partial charge in [-0.05, 0) is 43.8 Å². The van der Waals surface area contributed by atoms with E-state index in [0.717, 1.165) is 0 Å². The number of allylic oxidation sites excluding steroid dienone is 1. The number of ether oxygens (including phenoxy) is 2. The summed E-state index contributed by atoms with van der Waals surface area (Å²) in [6.45, 7) is 11.6. The van der Waals surface area contributed by atoms with E-state index in [-0.39, 0.29) is 17.9 Å². The predicted octanol–water partition coefficient (Wildman–Crippen LogP) is 3.55. The SMILES string of the molecule is C[C@H]1C=C(N2CCOC2=O)O[C@](O[Si](C)(C)C)(n2cccc2)[C@H]1C. The van der Waals surface area contributed by atoms with E-state index in [0.29, 0.717) is 19.0 Å². The third kappa shape index (κ3) is 2.98. The maximum Gasteiger partial charge on any atom is 0.416 e. The van der Waals surface area contributed by atoms with Gasteiger partial charge >= 0.3 is 6.09 Å². The smallest absolute Gasteiger partial charge is 0.416 e. The minimum absolute atomic E-state index is 0.0824. The number of cyclic esters (lactones) is 1. The fourth-order valence-corrected chi connectivity index (χ4v) is 4.36. The van der Waals surface area contributed by atoms with Crippen molar-refractivity contribution in [2.24, 2.45) is 11.8 Å². The highest BCUT2D eigenvalue weighted by molar-refractivity contribution is 6.69. The molecule has 0 bridgehead atoms. The van der Waals surface area contributed by atoms with Crippen molar-refractivity contribution in [3.05, 3.63) is 36.5 Å². The molecular weight excluding hydrogens is 324 g/mol. The Morgan fingerprint density at radius 3 is 2.46 bits per heavy atom. The molecule has 132 valence electrons. The number of rotatable bonds is 4. The summed E-state index contributed by atoms with van der Waals surface area (Å²) < 4.78 is 20.0. The second kappa shape index (κ2) is 5.97. The number of hydrogen-bond acceptors (Lipinski definition) is 4. The van der Waals surface area contributed by atoms with Gasteiger partial charge in [0.1, 0.15) is 6.61 Å². The number of aromatic nitrogens is 1. The standard InChI is InChI=1S/C17H26N2O4Si/c1-13-12-15(19-10-11-21-16(19)20)22-17(14(13)2,23-24(3,4)5)18-8-6-7-9-18/h6-9,12-14H,10-11H2,1-5H3/t13-,14-,17+/m0/s1. The van der Waals surface area contributed by atoms with Gasteiger partial charge in [-0.2, -0.15) is 0 Å². The van der Waals surface area contributed by atoms with Gasteiger partial charge in [-0.3, -0.25) is 4.57 Å². The molecule has 0 N–H and O–H groups in total. The monoisotopic (exact) mass is 350 g/mol. The van der Waals surface area contributed by atoms with Gasteiger partial charge < -0.3 is 13.9 Å². The molecule has 2 aliphatic rings. The van der Waals surface area contributed by atoms with Crippen LogP contribution in [0.25, 0.3) is 0 Å². The van der Waals surface area contributed by atoms with Crippen LogP contribution in [0.4, 0.5) is 4.79 Å². The van der Waals surface area contributed by atoms with E-state index in [9.17, 15) is 4.79 Å². The molecule has 1 aromatic rings. The number of carbonyl (C=O) groups excluding carboxylic acids is 1. The summed E-state index contributed by atoms with van der Waals surface area (Å²) in [5.41, 5.74) is 0. The summed E-state index contributed by atoms with van der Waals surface area (Å²) in [5.74, 6) is -0.171. The molecule has 0 aromatic carbocycles. The van der Waals surface area contributed by atoms with Gasteiger partial charge in [-0.25, -0.2) is 9.69 Å². The van der Waals surface area contributed by atoms with Crippen LogP contribution >= 0.6 is 0 Å². The van der Waals surface area contributed by atoms with Crippen LogP contribution in [0.15, 0.2) is 36.5 Å². The van der Waals surface area contributed by atoms with Crippen LogP contribution in [0.5, 0.6) is 0 Å². The van der Waals surface area contributed by atoms with E-state index in [4.69, 9.17) is 13.9 Å². The number of carbonyl (C=O) groups is 1. The average Bonchev–Trinajstić information content (AvgIpc) is 3.13. The van der Waals surface area contributed by atoms with Crippen molar-refractivity contribution < 1.29 is 18.7 Å². The normalized spacial score (nSPS) is 30.8. The summed E-state index contributed by atoms with van der Waals surface area (Å²) in [6.07, 6.45) is 5.54. The molecule has 1 saturated heterocycles. The van der Waals surface area contributed by atoms with Crippen LogP contribution < -0.4 is 0 Å². The quantitative estimate of drug-likeness (QED) is 0.779. The van der Waals surface area contributed by atoms with E-state index in [1.165, 1.54) is 0 Å². The molecule has 2 aliphatic heterocycles. The predicted molar refractivity (Wildman–Crippen MR) is 92.4 cm³/mol. The minimum Gasteiger partial charge on any atom is -0.447 e. The first kappa shape index (κ1) is 17.1. The van der Waals surface area contributed by atoms with Crippen LogP contribution in [0.1, 0.15) is 13.8 Å². The fourth-order valence-electron chi connectivity index (χ4n) is 3.15. The van der Waals surface area contributed by atoms with Crippen LogP contribution in [0.3, 0.4) is 0 Å². The van der Waals surface area contributed by atoms with Crippen molar-refractivity contribution >= 4 is 14.4 Å². The summed E-state index contributed by atoms with van der Waals surface area (Å²) in [4.78, 5) is 13.5. The zero-order valence-electron chi connectivity index (χ0n) is 15.0. The second-order valence-electron chi connectivity index (χ2n) is 7.46. The van der Waals surface area contributed by atoms with Crippen molar-refractivity contribution in [3.8, 4) is 0 Å². The number of nitrogens with zero attached hydrogens (tertiary/aromatic N) is 2. The first-order valence-corrected chi connectivity index (χ1v) is 11.8. The van der Waals surface area contributed by atoms with Crippen molar-refractivity contribution in [1.82, 2.24) is 9.47 Å². The second-order valence-corrected chi connectivity index (χ2v) is 11.9. The van der Waals surface area contributed by atoms with Gasteiger partial charge in [0.05, 0.1) is 6.54 Å². The molecule has 1 amide bonds. The Morgan fingerprint density at radius 1 is 1.25 bits per heavy atom. The van der Waals surface area contributed by atoms with Crippen molar-refractivity contribution in [3.63, 3.8) is 0 Å². The Morgan fingerprint density at radius 2 is 1.92 bits per heavy atom. The summed E-state index contributed by atoms with van der Waals surface area (Å²) in [7, 11) is -1.94. The van der Waals surface area contributed by atoms with Crippen LogP contribution in [0, 0.1) is 11.8 Å². The van der Waals surface area contributed by atoms with Crippen LogP contribution in [-0.4, -0.2) is 37.0 Å². The number of hydrogen-bond donors (Lipinski definition) is 0. The maximum absolute atomic E-state index is 12.0. The lowest BCUT2D eigenvalue weighted by Crippen LogP contribution is -2.55. The van der Waals surface area contributed by atoms with Gasteiger partial charge in [0.2, 0.25) is 5.88 Å². The van der Waals surface area contributed by atoms with E-state index in [1.54, 1.807) is 4.90 Å². The lowest BCUT2D eigenvalue weighted by molar-refractivity contribution is -0.282. The molecule has 0 saturated carbocycles. The number of amides is 1. The molecule has 1 fully saturated rings. The molecule has 6 nitrogen and oxygen atoms in total. The fraction of sp³-hybridized carbons (Fsp3) is 0.588. The Bertz CT molecular complexity index is 638. The van der Waals surface area contributed by atoms with E-state index in [1.807, 2.05) is 35.2 Å². The van der Waals surface area contributed by atoms with E-state index in [2.05, 4.69) is 33.5 Å². The van der Waals surface area contributed by atoms with Gasteiger partial charge in [0, 0.05) is 18.3 Å². The highest BCUT2D eigenvalue weighted by Gasteiger charge is 2.51. The van der Waals surface area contributed by atoms with Gasteiger partial charge in [0.15, 0.2) is 8.32 Å². The molecule has 3 heterocycles. The molecule has 3 atom stereocenters. The molecule has 0 spiro atoms. The molecule has 7 heteroatoms. The summed E-state index contributed by atoms with van der Waals surface area (Å²) in [6, 6.07) is 3.91. The van der Waals surface area contributed by atoms with Crippen LogP contribution in [-0.2, 0) is 19.8 Å². The average molecular weight is 350 g/mol. The van der Waals surface area contributed by atoms with Gasteiger partial charge in [0.25, 0.3) is 5.91 Å². The third-order valence-electron chi connectivity index (χ3n) is 4.46. The van der Waals surface area contributed by atoms with Crippen molar-refractivity contribution in [1.29, 1.82) is 0 Å². The van der Waals surface area contributed by atoms with Crippen molar-refractivity contribution in [2.45, 2.75) is 39.4 Å². The lowest BCUT2D eigenvalue weighted by atomic mass is 9.90. The lowest BCUT2D eigenvalue weighted by Gasteiger charge is -2.48. The van der Waals surface area contributed by atoms with Crippen LogP contribution in [0.2, 0.25) is 19.6 Å². The molecule has 3 rings (SSSR count). The molecule has 1 aromatic heterocycles. The first-order valence-electron chi connectivity index (χ1n) is 8.42. The highest BCUT2D eigenvalue weighted by atomic mass is 28.4. The minimum atomic E-state index is -1.94. The molecule has 0 unspecified atom stereocenters. The Labute approximate surface area is 144 Å². The van der Waals surface area contributed by atoms with Gasteiger partial charge in [-0.1, -0.05) is 13.8 Å². The zero-order valence-corrected chi connectivity index (χ0v) is 16.0. The van der Waals surface area contributed by atoms with Crippen molar-refractivity contribution in [2.75, 3.05) is 13.2 Å². The Hall–Kier alpha value is -1.73. The summed E-state index contributed by atoms with van der Waals surface area (Å²) in [5, 5.41) is 0. The largest absolute Gasteiger partial charge is 0.447 e. The molecule has 0 aliphatic carbocycles. The van der Waals surface area contributed by atoms with Gasteiger partial charge in [-0.15, -0.1) is 0 Å². The first-order chi connectivity index (χ1) is 11.2. The topological polar surface area (TPSA) is 52.9 Å². The third-order valence-corrected chi connectivity index (χ3v) is 5.37. The molecule has 0 radical (unpaired) electrons. The Kier molecular flexibility index (Phi) is 4.25. The van der Waals surface area contributed by atoms with E-state index < -0.39 is 14.2 Å². The highest BCUT2D eigenvalue weighted by Crippen LogP contribution is 2.44. The maximum atomic E-state index is 12.0. The summed E-state index contributed by atoms with van der Waals surface area (Å²) >= 11 is 0. The van der Waals surface area contributed by atoms with E-state index >= 15 is 0 Å². The molecular formula is C17H26N2O4Si.